The Bertz CT molecular complexity index is 591. The van der Waals surface area contributed by atoms with Gasteiger partial charge in [-0.25, -0.2) is 0 Å². The number of aromatic nitrogens is 2. The molecule has 0 spiro atoms. The molecule has 0 unspecified atom stereocenters. The summed E-state index contributed by atoms with van der Waals surface area (Å²) >= 11 is 0. The number of hydrogen-bond acceptors (Lipinski definition) is 4. The van der Waals surface area contributed by atoms with Gasteiger partial charge < -0.3 is 15.5 Å². The lowest BCUT2D eigenvalue weighted by Crippen LogP contribution is -2.17. The molecule has 5 nitrogen and oxygen atoms in total. The minimum Gasteiger partial charge on any atom is -0.394 e. The standard InChI is InChI=1S/C17H25N3O2/c1-13-17(14(2)20(19-13)9-10-21)11-18-8-7-15-3-5-16(12-22)6-4-15/h3-6,18,21-22H,7-12H2,1-2H3. The van der Waals surface area contributed by atoms with Crippen LogP contribution in [0.5, 0.6) is 0 Å². The zero-order chi connectivity index (χ0) is 15.9. The van der Waals surface area contributed by atoms with E-state index in [0.717, 1.165) is 36.5 Å². The predicted molar refractivity (Wildman–Crippen MR) is 86.6 cm³/mol. The van der Waals surface area contributed by atoms with Gasteiger partial charge in [-0.3, -0.25) is 4.68 Å². The fourth-order valence-corrected chi connectivity index (χ4v) is 2.56. The van der Waals surface area contributed by atoms with Gasteiger partial charge in [0.25, 0.3) is 0 Å². The molecule has 2 aromatic rings. The topological polar surface area (TPSA) is 70.3 Å². The lowest BCUT2D eigenvalue weighted by molar-refractivity contribution is 0.267. The smallest absolute Gasteiger partial charge is 0.0681 e. The van der Waals surface area contributed by atoms with Crippen molar-refractivity contribution in [2.24, 2.45) is 0 Å². The van der Waals surface area contributed by atoms with Crippen molar-refractivity contribution in [3.05, 3.63) is 52.3 Å². The first-order valence-corrected chi connectivity index (χ1v) is 7.69. The van der Waals surface area contributed by atoms with Gasteiger partial charge in [0.2, 0.25) is 0 Å². The third kappa shape index (κ3) is 4.16. The van der Waals surface area contributed by atoms with Crippen LogP contribution in [0.15, 0.2) is 24.3 Å². The summed E-state index contributed by atoms with van der Waals surface area (Å²) < 4.78 is 1.86. The van der Waals surface area contributed by atoms with Gasteiger partial charge in [-0.05, 0) is 37.9 Å². The Morgan fingerprint density at radius 3 is 2.41 bits per heavy atom. The van der Waals surface area contributed by atoms with Crippen molar-refractivity contribution in [3.63, 3.8) is 0 Å². The number of benzene rings is 1. The van der Waals surface area contributed by atoms with Crippen LogP contribution in [0.25, 0.3) is 0 Å². The summed E-state index contributed by atoms with van der Waals surface area (Å²) in [5, 5.41) is 26.0. The fourth-order valence-electron chi connectivity index (χ4n) is 2.56. The molecule has 1 heterocycles. The highest BCUT2D eigenvalue weighted by Crippen LogP contribution is 2.12. The maximum atomic E-state index is 9.03. The van der Waals surface area contributed by atoms with E-state index in [1.807, 2.05) is 30.7 Å². The summed E-state index contributed by atoms with van der Waals surface area (Å²) in [6.45, 7) is 6.48. The Labute approximate surface area is 131 Å². The highest BCUT2D eigenvalue weighted by atomic mass is 16.3. The molecule has 120 valence electrons. The van der Waals surface area contributed by atoms with Crippen LogP contribution in [0.2, 0.25) is 0 Å². The van der Waals surface area contributed by atoms with E-state index in [2.05, 4.69) is 22.5 Å². The van der Waals surface area contributed by atoms with Gasteiger partial charge in [-0.15, -0.1) is 0 Å². The van der Waals surface area contributed by atoms with Gasteiger partial charge in [-0.1, -0.05) is 24.3 Å². The highest BCUT2D eigenvalue weighted by molar-refractivity contribution is 5.25. The summed E-state index contributed by atoms with van der Waals surface area (Å²) in [6.07, 6.45) is 0.953. The summed E-state index contributed by atoms with van der Waals surface area (Å²) in [7, 11) is 0. The van der Waals surface area contributed by atoms with Gasteiger partial charge >= 0.3 is 0 Å². The van der Waals surface area contributed by atoms with E-state index >= 15 is 0 Å². The van der Waals surface area contributed by atoms with E-state index in [9.17, 15) is 0 Å². The average Bonchev–Trinajstić information content (AvgIpc) is 2.79. The van der Waals surface area contributed by atoms with Gasteiger partial charge in [-0.2, -0.15) is 5.10 Å². The van der Waals surface area contributed by atoms with E-state index in [0.29, 0.717) is 6.54 Å². The Hall–Kier alpha value is -1.69. The molecular weight excluding hydrogens is 278 g/mol. The Morgan fingerprint density at radius 1 is 1.09 bits per heavy atom. The third-order valence-electron chi connectivity index (χ3n) is 3.94. The molecule has 0 saturated heterocycles. The van der Waals surface area contributed by atoms with Crippen LogP contribution in [0.4, 0.5) is 0 Å². The predicted octanol–water partition coefficient (Wildman–Crippen LogP) is 1.32. The SMILES string of the molecule is Cc1nn(CCO)c(C)c1CNCCc1ccc(CO)cc1. The summed E-state index contributed by atoms with van der Waals surface area (Å²) in [5.74, 6) is 0. The van der Waals surface area contributed by atoms with Crippen molar-refractivity contribution < 1.29 is 10.2 Å². The van der Waals surface area contributed by atoms with Crippen LogP contribution in [0, 0.1) is 13.8 Å². The molecule has 0 radical (unpaired) electrons. The normalized spacial score (nSPS) is 11.1. The molecule has 2 rings (SSSR count). The number of nitrogens with zero attached hydrogens (tertiary/aromatic N) is 2. The monoisotopic (exact) mass is 303 g/mol. The lowest BCUT2D eigenvalue weighted by Gasteiger charge is -2.07. The number of aliphatic hydroxyl groups is 2. The maximum Gasteiger partial charge on any atom is 0.0681 e. The van der Waals surface area contributed by atoms with Crippen LogP contribution in [-0.2, 0) is 26.1 Å². The second kappa shape index (κ2) is 8.08. The van der Waals surface area contributed by atoms with Crippen LogP contribution in [0.3, 0.4) is 0 Å². The average molecular weight is 303 g/mol. The molecule has 0 fully saturated rings. The van der Waals surface area contributed by atoms with Crippen molar-refractivity contribution in [1.29, 1.82) is 0 Å². The zero-order valence-corrected chi connectivity index (χ0v) is 13.3. The molecule has 0 aliphatic carbocycles. The summed E-state index contributed by atoms with van der Waals surface area (Å²) in [4.78, 5) is 0. The molecular formula is C17H25N3O2. The van der Waals surface area contributed by atoms with Crippen LogP contribution in [-0.4, -0.2) is 33.1 Å². The van der Waals surface area contributed by atoms with Crippen molar-refractivity contribution in [3.8, 4) is 0 Å². The van der Waals surface area contributed by atoms with Gasteiger partial charge in [0.1, 0.15) is 0 Å². The third-order valence-corrected chi connectivity index (χ3v) is 3.94. The molecule has 3 N–H and O–H groups in total. The van der Waals surface area contributed by atoms with Crippen molar-refractivity contribution in [2.45, 2.75) is 40.0 Å². The van der Waals surface area contributed by atoms with Gasteiger partial charge in [0.15, 0.2) is 0 Å². The molecule has 0 saturated carbocycles. The Kier molecular flexibility index (Phi) is 6.12. The second-order valence-electron chi connectivity index (χ2n) is 5.50. The number of nitrogens with one attached hydrogen (secondary N) is 1. The van der Waals surface area contributed by atoms with Crippen molar-refractivity contribution >= 4 is 0 Å². The van der Waals surface area contributed by atoms with Gasteiger partial charge in [0.05, 0.1) is 25.5 Å². The molecule has 22 heavy (non-hydrogen) atoms. The van der Waals surface area contributed by atoms with E-state index in [-0.39, 0.29) is 13.2 Å². The lowest BCUT2D eigenvalue weighted by atomic mass is 10.1. The van der Waals surface area contributed by atoms with E-state index in [1.165, 1.54) is 11.1 Å². The second-order valence-corrected chi connectivity index (χ2v) is 5.50. The number of rotatable bonds is 8. The Morgan fingerprint density at radius 2 is 1.77 bits per heavy atom. The number of aryl methyl sites for hydroxylation is 1. The van der Waals surface area contributed by atoms with Crippen LogP contribution >= 0.6 is 0 Å². The molecule has 0 aliphatic rings. The van der Waals surface area contributed by atoms with Crippen LogP contribution < -0.4 is 5.32 Å². The first-order valence-electron chi connectivity index (χ1n) is 7.69. The van der Waals surface area contributed by atoms with E-state index in [1.54, 1.807) is 0 Å². The number of hydrogen-bond donors (Lipinski definition) is 3. The largest absolute Gasteiger partial charge is 0.394 e. The summed E-state index contributed by atoms with van der Waals surface area (Å²) in [6, 6.07) is 8.04. The molecule has 0 atom stereocenters. The summed E-state index contributed by atoms with van der Waals surface area (Å²) in [5.41, 5.74) is 5.55. The minimum absolute atomic E-state index is 0.0922. The van der Waals surface area contributed by atoms with E-state index < -0.39 is 0 Å². The highest BCUT2D eigenvalue weighted by Gasteiger charge is 2.10. The minimum atomic E-state index is 0.0922. The molecule has 0 aliphatic heterocycles. The molecule has 0 bridgehead atoms. The van der Waals surface area contributed by atoms with Gasteiger partial charge in [0, 0.05) is 17.8 Å². The first kappa shape index (κ1) is 16.7. The molecule has 1 aromatic carbocycles. The molecule has 5 heteroatoms. The van der Waals surface area contributed by atoms with Crippen molar-refractivity contribution in [1.82, 2.24) is 15.1 Å². The van der Waals surface area contributed by atoms with Crippen LogP contribution in [0.1, 0.15) is 28.1 Å². The van der Waals surface area contributed by atoms with Crippen molar-refractivity contribution in [2.75, 3.05) is 13.2 Å². The quantitative estimate of drug-likeness (QED) is 0.643. The Balaban J connectivity index is 1.83. The first-order chi connectivity index (χ1) is 10.7. The fraction of sp³-hybridized carbons (Fsp3) is 0.471. The van der Waals surface area contributed by atoms with E-state index in [4.69, 9.17) is 10.2 Å². The zero-order valence-electron chi connectivity index (χ0n) is 13.3. The maximum absolute atomic E-state index is 9.03. The molecule has 1 aromatic heterocycles. The number of aliphatic hydroxyl groups excluding tert-OH is 2. The molecule has 0 amide bonds.